The summed E-state index contributed by atoms with van der Waals surface area (Å²) in [5.74, 6) is -0.278. The predicted octanol–water partition coefficient (Wildman–Crippen LogP) is 3.01. The molecule has 1 saturated heterocycles. The zero-order valence-corrected chi connectivity index (χ0v) is 16.3. The normalized spacial score (nSPS) is 17.0. The largest absolute Gasteiger partial charge is 0.377 e. The lowest BCUT2D eigenvalue weighted by Gasteiger charge is -2.12. The molecule has 0 saturated carbocycles. The zero-order chi connectivity index (χ0) is 19.4. The number of anilines is 1. The molecule has 7 heteroatoms. The highest BCUT2D eigenvalue weighted by atomic mass is 32.2. The van der Waals surface area contributed by atoms with E-state index in [9.17, 15) is 13.2 Å². The lowest BCUT2D eigenvalue weighted by atomic mass is 10.1. The van der Waals surface area contributed by atoms with E-state index in [1.807, 2.05) is 32.0 Å². The van der Waals surface area contributed by atoms with E-state index in [0.29, 0.717) is 12.2 Å². The lowest BCUT2D eigenvalue weighted by Crippen LogP contribution is -2.31. The topological polar surface area (TPSA) is 84.5 Å². The van der Waals surface area contributed by atoms with Gasteiger partial charge in [-0.15, -0.1) is 0 Å². The average molecular weight is 388 g/mol. The monoisotopic (exact) mass is 388 g/mol. The summed E-state index contributed by atoms with van der Waals surface area (Å²) in [6.07, 6.45) is 1.75. The summed E-state index contributed by atoms with van der Waals surface area (Å²) >= 11 is 0. The summed E-state index contributed by atoms with van der Waals surface area (Å²) in [4.78, 5) is 12.6. The Hall–Kier alpha value is -2.22. The summed E-state index contributed by atoms with van der Waals surface area (Å²) in [7, 11) is -3.62. The Bertz CT molecular complexity index is 917. The number of hydrogen-bond acceptors (Lipinski definition) is 4. The Kier molecular flexibility index (Phi) is 5.94. The average Bonchev–Trinajstić information content (AvgIpc) is 3.17. The van der Waals surface area contributed by atoms with Gasteiger partial charge in [0.1, 0.15) is 0 Å². The number of ether oxygens (including phenoxy) is 1. The van der Waals surface area contributed by atoms with Gasteiger partial charge in [-0.25, -0.2) is 13.1 Å². The molecule has 1 aliphatic heterocycles. The fourth-order valence-corrected chi connectivity index (χ4v) is 4.01. The number of amides is 1. The van der Waals surface area contributed by atoms with Crippen molar-refractivity contribution in [3.05, 3.63) is 59.2 Å². The number of nitrogens with one attached hydrogen (secondary N) is 2. The van der Waals surface area contributed by atoms with Gasteiger partial charge in [0.15, 0.2) is 0 Å². The van der Waals surface area contributed by atoms with Gasteiger partial charge in [0.2, 0.25) is 10.0 Å². The predicted molar refractivity (Wildman–Crippen MR) is 104 cm³/mol. The molecule has 27 heavy (non-hydrogen) atoms. The maximum Gasteiger partial charge on any atom is 0.255 e. The molecule has 2 N–H and O–H groups in total. The van der Waals surface area contributed by atoms with Crippen molar-refractivity contribution >= 4 is 21.6 Å². The molecule has 1 amide bonds. The molecule has 3 rings (SSSR count). The van der Waals surface area contributed by atoms with Crippen molar-refractivity contribution in [1.82, 2.24) is 4.72 Å². The van der Waals surface area contributed by atoms with Gasteiger partial charge >= 0.3 is 0 Å². The van der Waals surface area contributed by atoms with Crippen LogP contribution in [0, 0.1) is 13.8 Å². The molecule has 1 aliphatic rings. The van der Waals surface area contributed by atoms with Crippen LogP contribution in [-0.2, 0) is 14.8 Å². The molecule has 6 nitrogen and oxygen atoms in total. The van der Waals surface area contributed by atoms with Crippen LogP contribution in [-0.4, -0.2) is 33.6 Å². The quantitative estimate of drug-likeness (QED) is 0.797. The van der Waals surface area contributed by atoms with Crippen LogP contribution in [0.5, 0.6) is 0 Å². The van der Waals surface area contributed by atoms with Crippen molar-refractivity contribution in [2.24, 2.45) is 0 Å². The molecule has 2 aromatic rings. The molecule has 0 aliphatic carbocycles. The first-order valence-electron chi connectivity index (χ1n) is 8.95. The van der Waals surface area contributed by atoms with E-state index in [-0.39, 0.29) is 23.5 Å². The van der Waals surface area contributed by atoms with E-state index in [0.717, 1.165) is 29.7 Å². The van der Waals surface area contributed by atoms with Crippen LogP contribution in [0.3, 0.4) is 0 Å². The molecule has 0 unspecified atom stereocenters. The van der Waals surface area contributed by atoms with E-state index in [1.54, 1.807) is 0 Å². The van der Waals surface area contributed by atoms with Crippen LogP contribution in [0.2, 0.25) is 0 Å². The summed E-state index contributed by atoms with van der Waals surface area (Å²) < 4.78 is 32.7. The SMILES string of the molecule is Cc1ccc(C)c(NC(=O)c2ccc(S(=O)(=O)NC[C@@H]3CCCO3)cc2)c1. The first-order chi connectivity index (χ1) is 12.8. The lowest BCUT2D eigenvalue weighted by molar-refractivity contribution is 0.102. The van der Waals surface area contributed by atoms with Gasteiger partial charge in [-0.1, -0.05) is 12.1 Å². The Morgan fingerprint density at radius 1 is 1.15 bits per heavy atom. The van der Waals surface area contributed by atoms with Crippen molar-refractivity contribution in [2.75, 3.05) is 18.5 Å². The minimum Gasteiger partial charge on any atom is -0.377 e. The first-order valence-corrected chi connectivity index (χ1v) is 10.4. The summed E-state index contributed by atoms with van der Waals surface area (Å²) in [5.41, 5.74) is 3.16. The second-order valence-electron chi connectivity index (χ2n) is 6.78. The Balaban J connectivity index is 1.66. The van der Waals surface area contributed by atoms with Gasteiger partial charge in [0, 0.05) is 24.4 Å². The number of aryl methyl sites for hydroxylation is 2. The van der Waals surface area contributed by atoms with Crippen LogP contribution < -0.4 is 10.0 Å². The van der Waals surface area contributed by atoms with E-state index >= 15 is 0 Å². The third kappa shape index (κ3) is 4.94. The summed E-state index contributed by atoms with van der Waals surface area (Å²) in [6, 6.07) is 11.7. The van der Waals surface area contributed by atoms with Crippen molar-refractivity contribution < 1.29 is 17.9 Å². The van der Waals surface area contributed by atoms with Gasteiger partial charge in [-0.05, 0) is 68.1 Å². The van der Waals surface area contributed by atoms with Crippen molar-refractivity contribution in [1.29, 1.82) is 0 Å². The van der Waals surface area contributed by atoms with Gasteiger partial charge in [-0.3, -0.25) is 4.79 Å². The third-order valence-corrected chi connectivity index (χ3v) is 6.03. The second kappa shape index (κ2) is 8.21. The van der Waals surface area contributed by atoms with Crippen LogP contribution in [0.1, 0.15) is 34.3 Å². The molecule has 1 fully saturated rings. The van der Waals surface area contributed by atoms with Crippen molar-refractivity contribution in [2.45, 2.75) is 37.7 Å². The molecular formula is C20H24N2O4S. The second-order valence-corrected chi connectivity index (χ2v) is 8.55. The van der Waals surface area contributed by atoms with E-state index in [4.69, 9.17) is 4.74 Å². The van der Waals surface area contributed by atoms with Gasteiger partial charge in [0.05, 0.1) is 11.0 Å². The number of sulfonamides is 1. The number of rotatable bonds is 6. The van der Waals surface area contributed by atoms with E-state index in [2.05, 4.69) is 10.0 Å². The number of hydrogen-bond donors (Lipinski definition) is 2. The molecular weight excluding hydrogens is 364 g/mol. The number of carbonyl (C=O) groups excluding carboxylic acids is 1. The molecule has 0 bridgehead atoms. The Labute approximate surface area is 160 Å². The highest BCUT2D eigenvalue weighted by molar-refractivity contribution is 7.89. The van der Waals surface area contributed by atoms with Gasteiger partial charge in [0.25, 0.3) is 5.91 Å². The molecule has 0 aromatic heterocycles. The molecule has 1 heterocycles. The highest BCUT2D eigenvalue weighted by Crippen LogP contribution is 2.18. The standard InChI is InChI=1S/C20H24N2O4S/c1-14-5-6-15(2)19(12-14)22-20(23)16-7-9-18(10-8-16)27(24,25)21-13-17-4-3-11-26-17/h5-10,12,17,21H,3-4,11,13H2,1-2H3,(H,22,23)/t17-/m0/s1. The number of benzene rings is 2. The minimum atomic E-state index is -3.62. The van der Waals surface area contributed by atoms with Gasteiger partial charge in [-0.2, -0.15) is 0 Å². The van der Waals surface area contributed by atoms with Crippen LogP contribution in [0.4, 0.5) is 5.69 Å². The van der Waals surface area contributed by atoms with E-state index < -0.39 is 10.0 Å². The van der Waals surface area contributed by atoms with Crippen LogP contribution in [0.15, 0.2) is 47.4 Å². The molecule has 0 radical (unpaired) electrons. The zero-order valence-electron chi connectivity index (χ0n) is 15.5. The fourth-order valence-electron chi connectivity index (χ4n) is 2.94. The van der Waals surface area contributed by atoms with E-state index in [1.165, 1.54) is 24.3 Å². The van der Waals surface area contributed by atoms with Crippen LogP contribution >= 0.6 is 0 Å². The fraction of sp³-hybridized carbons (Fsp3) is 0.350. The van der Waals surface area contributed by atoms with Gasteiger partial charge < -0.3 is 10.1 Å². The summed E-state index contributed by atoms with van der Waals surface area (Å²) in [6.45, 7) is 4.82. The minimum absolute atomic E-state index is 0.0672. The van der Waals surface area contributed by atoms with Crippen LogP contribution in [0.25, 0.3) is 0 Å². The molecule has 144 valence electrons. The van der Waals surface area contributed by atoms with Crippen molar-refractivity contribution in [3.63, 3.8) is 0 Å². The third-order valence-electron chi connectivity index (χ3n) is 4.59. The molecule has 0 spiro atoms. The maximum absolute atomic E-state index is 12.4. The first kappa shape index (κ1) is 19.5. The Morgan fingerprint density at radius 2 is 1.89 bits per heavy atom. The Morgan fingerprint density at radius 3 is 2.56 bits per heavy atom. The van der Waals surface area contributed by atoms with Crippen molar-refractivity contribution in [3.8, 4) is 0 Å². The molecule has 1 atom stereocenters. The maximum atomic E-state index is 12.4. The smallest absolute Gasteiger partial charge is 0.255 e. The summed E-state index contributed by atoms with van der Waals surface area (Å²) in [5, 5.41) is 2.87. The highest BCUT2D eigenvalue weighted by Gasteiger charge is 2.20. The molecule has 2 aromatic carbocycles. The number of carbonyl (C=O) groups is 1.